The van der Waals surface area contributed by atoms with Gasteiger partial charge in [-0.05, 0) is 0 Å². The molecule has 0 aliphatic rings. The lowest BCUT2D eigenvalue weighted by Gasteiger charge is -2.17. The molecule has 11 nitrogen and oxygen atoms in total. The molecule has 0 aromatic heterocycles. The number of nitrogens with zero attached hydrogens (tertiary/aromatic N) is 3. The Labute approximate surface area is 81.9 Å². The van der Waals surface area contributed by atoms with Crippen LogP contribution in [0.1, 0.15) is 6.92 Å². The third-order valence-corrected chi connectivity index (χ3v) is 1.40. The number of hydrogen-bond donors (Lipinski definition) is 0. The number of hydrogen-bond acceptors (Lipinski definition) is 8. The van der Waals surface area contributed by atoms with E-state index in [1.165, 1.54) is 0 Å². The number of nitro groups is 1. The van der Waals surface area contributed by atoms with Crippen LogP contribution in [0.25, 0.3) is 0 Å². The zero-order chi connectivity index (χ0) is 12.1. The first kappa shape index (κ1) is 12.8. The second kappa shape index (κ2) is 4.88. The maximum absolute atomic E-state index is 10.4. The zero-order valence-electron chi connectivity index (χ0n) is 7.52. The van der Waals surface area contributed by atoms with Crippen molar-refractivity contribution in [2.75, 3.05) is 13.2 Å². The Bertz CT molecular complexity index is 259. The lowest BCUT2D eigenvalue weighted by molar-refractivity contribution is -0.787. The van der Waals surface area contributed by atoms with E-state index in [-0.39, 0.29) is 0 Å². The Hall–Kier alpha value is -2.20. The van der Waals surface area contributed by atoms with Gasteiger partial charge in [0.2, 0.25) is 0 Å². The molecule has 0 aromatic carbocycles. The lowest BCUT2D eigenvalue weighted by atomic mass is 10.1. The first-order valence-electron chi connectivity index (χ1n) is 3.47. The van der Waals surface area contributed by atoms with E-state index >= 15 is 0 Å². The maximum Gasteiger partial charge on any atom is 0.294 e. The summed E-state index contributed by atoms with van der Waals surface area (Å²) in [6, 6.07) is 0. The summed E-state index contributed by atoms with van der Waals surface area (Å²) in [7, 11) is 0. The van der Waals surface area contributed by atoms with Crippen molar-refractivity contribution in [2.45, 2.75) is 12.5 Å². The molecule has 0 bridgehead atoms. The molecule has 11 heteroatoms. The van der Waals surface area contributed by atoms with E-state index in [4.69, 9.17) is 0 Å². The molecule has 15 heavy (non-hydrogen) atoms. The van der Waals surface area contributed by atoms with Crippen molar-refractivity contribution in [1.82, 2.24) is 0 Å². The van der Waals surface area contributed by atoms with Gasteiger partial charge in [0.25, 0.3) is 15.7 Å². The van der Waals surface area contributed by atoms with Crippen LogP contribution in [0.2, 0.25) is 0 Å². The van der Waals surface area contributed by atoms with E-state index in [0.29, 0.717) is 0 Å². The fourth-order valence-electron chi connectivity index (χ4n) is 0.531. The second-order valence-electron chi connectivity index (χ2n) is 2.75. The smallest absolute Gasteiger partial charge is 0.294 e. The Morgan fingerprint density at radius 1 is 1.00 bits per heavy atom. The van der Waals surface area contributed by atoms with Crippen molar-refractivity contribution < 1.29 is 24.8 Å². The zero-order valence-corrected chi connectivity index (χ0v) is 7.52. The predicted octanol–water partition coefficient (Wildman–Crippen LogP) is -0.562. The Morgan fingerprint density at radius 2 is 1.33 bits per heavy atom. The summed E-state index contributed by atoms with van der Waals surface area (Å²) < 4.78 is 0. The van der Waals surface area contributed by atoms with E-state index in [0.717, 1.165) is 6.92 Å². The minimum Gasteiger partial charge on any atom is -0.306 e. The third-order valence-electron chi connectivity index (χ3n) is 1.40. The standard InChI is InChI=1S/C4H7N3O8/c1-4(5(8)9,2-14-6(10)11)3-15-7(12)13/h2-3H2,1H3. The molecule has 0 aliphatic heterocycles. The SMILES string of the molecule is CC(CO[N+](=O)[O-])(CO[N+](=O)[O-])[N+](=O)[O-]. The van der Waals surface area contributed by atoms with Crippen molar-refractivity contribution in [3.05, 3.63) is 30.3 Å². The first-order chi connectivity index (χ1) is 6.78. The summed E-state index contributed by atoms with van der Waals surface area (Å²) in [6.45, 7) is -0.929. The quantitative estimate of drug-likeness (QED) is 0.413. The van der Waals surface area contributed by atoms with Gasteiger partial charge in [-0.1, -0.05) is 0 Å². The Kier molecular flexibility index (Phi) is 4.16. The van der Waals surface area contributed by atoms with Crippen LogP contribution in [0, 0.1) is 30.3 Å². The van der Waals surface area contributed by atoms with E-state index in [2.05, 4.69) is 9.68 Å². The van der Waals surface area contributed by atoms with Crippen molar-refractivity contribution in [2.24, 2.45) is 0 Å². The molecular weight excluding hydrogens is 218 g/mol. The molecule has 86 valence electrons. The Morgan fingerprint density at radius 3 is 1.53 bits per heavy atom. The van der Waals surface area contributed by atoms with Gasteiger partial charge in [-0.15, -0.1) is 20.2 Å². The van der Waals surface area contributed by atoms with Crippen LogP contribution in [0.5, 0.6) is 0 Å². The summed E-state index contributed by atoms with van der Waals surface area (Å²) in [5, 5.41) is 27.6. The average molecular weight is 225 g/mol. The molecule has 0 aromatic rings. The summed E-state index contributed by atoms with van der Waals surface area (Å²) in [4.78, 5) is 36.6. The van der Waals surface area contributed by atoms with Crippen molar-refractivity contribution in [3.8, 4) is 0 Å². The molecule has 0 saturated heterocycles. The van der Waals surface area contributed by atoms with E-state index in [1.807, 2.05) is 0 Å². The van der Waals surface area contributed by atoms with Gasteiger partial charge in [0.05, 0.1) is 0 Å². The monoisotopic (exact) mass is 225 g/mol. The molecule has 0 unspecified atom stereocenters. The van der Waals surface area contributed by atoms with E-state index in [9.17, 15) is 30.3 Å². The molecule has 0 aliphatic carbocycles. The van der Waals surface area contributed by atoms with Gasteiger partial charge < -0.3 is 9.68 Å². The summed E-state index contributed by atoms with van der Waals surface area (Å²) in [5.74, 6) is 0. The predicted molar refractivity (Wildman–Crippen MR) is 41.3 cm³/mol. The molecule has 0 saturated carbocycles. The topological polar surface area (TPSA) is 148 Å². The molecule has 0 radical (unpaired) electrons. The highest BCUT2D eigenvalue weighted by Gasteiger charge is 2.40. The molecule has 0 heterocycles. The van der Waals surface area contributed by atoms with Crippen LogP contribution < -0.4 is 0 Å². The van der Waals surface area contributed by atoms with Gasteiger partial charge >= 0.3 is 0 Å². The van der Waals surface area contributed by atoms with Crippen LogP contribution in [-0.2, 0) is 9.68 Å². The average Bonchev–Trinajstić information content (AvgIpc) is 2.11. The van der Waals surface area contributed by atoms with Crippen molar-refractivity contribution in [1.29, 1.82) is 0 Å². The third kappa shape index (κ3) is 4.54. The largest absolute Gasteiger partial charge is 0.306 e. The number of rotatable bonds is 7. The highest BCUT2D eigenvalue weighted by Crippen LogP contribution is 2.10. The maximum atomic E-state index is 10.4. The molecular formula is C4H7N3O8. The molecule has 0 rings (SSSR count). The van der Waals surface area contributed by atoms with Crippen LogP contribution in [0.4, 0.5) is 0 Å². The van der Waals surface area contributed by atoms with Crippen LogP contribution in [-0.4, -0.2) is 33.8 Å². The van der Waals surface area contributed by atoms with Gasteiger partial charge in [0.15, 0.2) is 13.2 Å². The molecule has 0 amide bonds. The summed E-state index contributed by atoms with van der Waals surface area (Å²) in [6.07, 6.45) is 0. The lowest BCUT2D eigenvalue weighted by Crippen LogP contribution is -2.45. The molecule has 0 N–H and O–H groups in total. The highest BCUT2D eigenvalue weighted by molar-refractivity contribution is 4.71. The normalized spacial score (nSPS) is 10.5. The molecule has 0 spiro atoms. The van der Waals surface area contributed by atoms with Crippen molar-refractivity contribution in [3.63, 3.8) is 0 Å². The van der Waals surface area contributed by atoms with Gasteiger partial charge in [-0.2, -0.15) is 0 Å². The summed E-state index contributed by atoms with van der Waals surface area (Å²) in [5.41, 5.74) is -2.04. The highest BCUT2D eigenvalue weighted by atomic mass is 17.0. The summed E-state index contributed by atoms with van der Waals surface area (Å²) >= 11 is 0. The first-order valence-corrected chi connectivity index (χ1v) is 3.47. The van der Waals surface area contributed by atoms with Gasteiger partial charge in [0.1, 0.15) is 0 Å². The fourth-order valence-corrected chi connectivity index (χ4v) is 0.531. The fraction of sp³-hybridized carbons (Fsp3) is 1.00. The van der Waals surface area contributed by atoms with E-state index < -0.39 is 33.8 Å². The van der Waals surface area contributed by atoms with Gasteiger partial charge in [-0.3, -0.25) is 10.1 Å². The van der Waals surface area contributed by atoms with Crippen LogP contribution in [0.15, 0.2) is 0 Å². The Balaban J connectivity index is 4.38. The van der Waals surface area contributed by atoms with Gasteiger partial charge in [-0.25, -0.2) is 0 Å². The molecule has 0 fully saturated rings. The molecule has 0 atom stereocenters. The minimum absolute atomic E-state index is 0.930. The van der Waals surface area contributed by atoms with E-state index in [1.54, 1.807) is 0 Å². The van der Waals surface area contributed by atoms with Crippen LogP contribution in [0.3, 0.4) is 0 Å². The minimum atomic E-state index is -2.04. The second-order valence-corrected chi connectivity index (χ2v) is 2.75. The van der Waals surface area contributed by atoms with Crippen LogP contribution >= 0.6 is 0 Å². The van der Waals surface area contributed by atoms with Crippen molar-refractivity contribution >= 4 is 0 Å². The van der Waals surface area contributed by atoms with Gasteiger partial charge in [0, 0.05) is 11.8 Å².